The Kier molecular flexibility index (Phi) is 7.45. The van der Waals surface area contributed by atoms with Crippen LogP contribution in [0.15, 0.2) is 73.8 Å². The van der Waals surface area contributed by atoms with Crippen molar-refractivity contribution in [3.05, 3.63) is 85.1 Å². The third-order valence-corrected chi connectivity index (χ3v) is 5.37. The summed E-state index contributed by atoms with van der Waals surface area (Å²) in [5.41, 5.74) is 3.56. The molecule has 0 saturated carbocycles. The number of quaternary nitrogens is 1. The van der Waals surface area contributed by atoms with Crippen LogP contribution in [0.1, 0.15) is 23.0 Å². The first kappa shape index (κ1) is 22.5. The zero-order valence-corrected chi connectivity index (χ0v) is 18.3. The van der Waals surface area contributed by atoms with Gasteiger partial charge in [-0.3, -0.25) is 4.79 Å². The van der Waals surface area contributed by atoms with E-state index in [1.807, 2.05) is 67.6 Å². The summed E-state index contributed by atoms with van der Waals surface area (Å²) in [6.07, 6.45) is 3.06. The number of aliphatic hydroxyl groups is 1. The molecule has 0 radical (unpaired) electrons. The van der Waals surface area contributed by atoms with E-state index < -0.39 is 6.10 Å². The van der Waals surface area contributed by atoms with Crippen LogP contribution >= 0.6 is 0 Å². The van der Waals surface area contributed by atoms with Gasteiger partial charge in [-0.15, -0.1) is 0 Å². The maximum Gasteiger partial charge on any atom is 0.162 e. The number of ether oxygens (including phenoxy) is 1. The SMILES string of the molecule is C=CC[NH+](CC=C)C[C@H](O)COc1ccc2c(c1)c(C(C)=O)c(C)n2-c1ccccc1. The number of Topliss-reactive ketones (excluding diaryl/α,β-unsaturated/α-hetero) is 1. The molecule has 0 saturated heterocycles. The van der Waals surface area contributed by atoms with Crippen LogP contribution in [0.5, 0.6) is 5.75 Å². The molecule has 3 aromatic rings. The van der Waals surface area contributed by atoms with Gasteiger partial charge in [0.15, 0.2) is 5.78 Å². The van der Waals surface area contributed by atoms with E-state index in [9.17, 15) is 9.90 Å². The number of para-hydroxylation sites is 1. The Morgan fingerprint density at radius 3 is 2.45 bits per heavy atom. The van der Waals surface area contributed by atoms with Crippen molar-refractivity contribution < 1.29 is 19.5 Å². The smallest absolute Gasteiger partial charge is 0.162 e. The molecule has 2 aromatic carbocycles. The fraction of sp³-hybridized carbons (Fsp3) is 0.269. The molecule has 0 amide bonds. The van der Waals surface area contributed by atoms with Gasteiger partial charge < -0.3 is 19.3 Å². The van der Waals surface area contributed by atoms with Crippen LogP contribution in [-0.4, -0.2) is 47.8 Å². The predicted octanol–water partition coefficient (Wildman–Crippen LogP) is 3.14. The zero-order valence-electron chi connectivity index (χ0n) is 18.3. The minimum Gasteiger partial charge on any atom is -0.491 e. The molecule has 1 atom stereocenters. The van der Waals surface area contributed by atoms with E-state index in [1.165, 1.54) is 4.90 Å². The summed E-state index contributed by atoms with van der Waals surface area (Å²) in [7, 11) is 0. The normalized spacial score (nSPS) is 12.1. The highest BCUT2D eigenvalue weighted by molar-refractivity contribution is 6.09. The highest BCUT2D eigenvalue weighted by Crippen LogP contribution is 2.32. The fourth-order valence-electron chi connectivity index (χ4n) is 4.08. The van der Waals surface area contributed by atoms with E-state index in [4.69, 9.17) is 4.74 Å². The fourth-order valence-corrected chi connectivity index (χ4v) is 4.08. The third-order valence-electron chi connectivity index (χ3n) is 5.37. The largest absolute Gasteiger partial charge is 0.491 e. The van der Waals surface area contributed by atoms with Crippen molar-refractivity contribution >= 4 is 16.7 Å². The lowest BCUT2D eigenvalue weighted by molar-refractivity contribution is -0.891. The summed E-state index contributed by atoms with van der Waals surface area (Å²) in [5, 5.41) is 11.3. The molecule has 1 aromatic heterocycles. The van der Waals surface area contributed by atoms with E-state index in [-0.39, 0.29) is 12.4 Å². The highest BCUT2D eigenvalue weighted by atomic mass is 16.5. The maximum absolute atomic E-state index is 12.4. The predicted molar refractivity (Wildman–Crippen MR) is 125 cm³/mol. The van der Waals surface area contributed by atoms with Gasteiger partial charge in [0, 0.05) is 22.3 Å². The van der Waals surface area contributed by atoms with Crippen LogP contribution in [0, 0.1) is 6.92 Å². The summed E-state index contributed by atoms with van der Waals surface area (Å²) in [6, 6.07) is 15.7. The minimum absolute atomic E-state index is 0.0162. The number of carbonyl (C=O) groups excluding carboxylic acids is 1. The van der Waals surface area contributed by atoms with Crippen molar-refractivity contribution in [3.8, 4) is 11.4 Å². The lowest BCUT2D eigenvalue weighted by atomic mass is 10.1. The van der Waals surface area contributed by atoms with E-state index in [1.54, 1.807) is 6.92 Å². The molecular formula is C26H31N2O3+. The number of benzene rings is 2. The van der Waals surface area contributed by atoms with E-state index in [2.05, 4.69) is 17.7 Å². The first-order chi connectivity index (χ1) is 15.0. The molecule has 162 valence electrons. The van der Waals surface area contributed by atoms with Gasteiger partial charge in [0.25, 0.3) is 0 Å². The number of aromatic nitrogens is 1. The van der Waals surface area contributed by atoms with Gasteiger partial charge in [0.2, 0.25) is 0 Å². The van der Waals surface area contributed by atoms with Gasteiger partial charge in [0.1, 0.15) is 25.0 Å². The second-order valence-corrected chi connectivity index (χ2v) is 7.77. The van der Waals surface area contributed by atoms with Crippen molar-refractivity contribution in [3.63, 3.8) is 0 Å². The number of ketones is 1. The van der Waals surface area contributed by atoms with Crippen molar-refractivity contribution in [2.24, 2.45) is 0 Å². The topological polar surface area (TPSA) is 55.9 Å². The number of aliphatic hydroxyl groups excluding tert-OH is 1. The van der Waals surface area contributed by atoms with E-state index in [0.29, 0.717) is 17.9 Å². The van der Waals surface area contributed by atoms with E-state index >= 15 is 0 Å². The molecule has 1 heterocycles. The van der Waals surface area contributed by atoms with Gasteiger partial charge in [-0.05, 0) is 56.3 Å². The van der Waals surface area contributed by atoms with Crippen LogP contribution in [0.4, 0.5) is 0 Å². The first-order valence-electron chi connectivity index (χ1n) is 10.5. The molecule has 0 aliphatic carbocycles. The van der Waals surface area contributed by atoms with Crippen molar-refractivity contribution in [2.45, 2.75) is 20.0 Å². The number of rotatable bonds is 11. The molecular weight excluding hydrogens is 388 g/mol. The number of nitrogens with one attached hydrogen (secondary N) is 1. The summed E-state index contributed by atoms with van der Waals surface area (Å²) >= 11 is 0. The Morgan fingerprint density at radius 1 is 1.16 bits per heavy atom. The Morgan fingerprint density at radius 2 is 1.84 bits per heavy atom. The van der Waals surface area contributed by atoms with Crippen LogP contribution in [-0.2, 0) is 0 Å². The van der Waals surface area contributed by atoms with Gasteiger partial charge in [-0.25, -0.2) is 0 Å². The Balaban J connectivity index is 1.85. The van der Waals surface area contributed by atoms with Crippen LogP contribution in [0.3, 0.4) is 0 Å². The first-order valence-corrected chi connectivity index (χ1v) is 10.5. The number of carbonyl (C=O) groups is 1. The number of hydrogen-bond donors (Lipinski definition) is 2. The molecule has 0 unspecified atom stereocenters. The lowest BCUT2D eigenvalue weighted by Gasteiger charge is -2.20. The van der Waals surface area contributed by atoms with Gasteiger partial charge >= 0.3 is 0 Å². The average Bonchev–Trinajstić information content (AvgIpc) is 3.04. The van der Waals surface area contributed by atoms with Crippen molar-refractivity contribution in [1.29, 1.82) is 0 Å². The van der Waals surface area contributed by atoms with Gasteiger partial charge in [-0.1, -0.05) is 31.4 Å². The lowest BCUT2D eigenvalue weighted by Crippen LogP contribution is -3.12. The molecule has 5 heteroatoms. The number of hydrogen-bond acceptors (Lipinski definition) is 3. The van der Waals surface area contributed by atoms with E-state index in [0.717, 1.165) is 35.4 Å². The molecule has 3 rings (SSSR count). The molecule has 5 nitrogen and oxygen atoms in total. The van der Waals surface area contributed by atoms with Crippen molar-refractivity contribution in [2.75, 3.05) is 26.2 Å². The Labute approximate surface area is 183 Å². The zero-order chi connectivity index (χ0) is 22.4. The standard InChI is InChI=1S/C26H30N2O3/c1-5-14-27(15-6-2)17-22(30)18-31-23-12-13-25-24(16-23)26(20(4)29)19(3)28(25)21-10-8-7-9-11-21/h5-13,16,22,30H,1-2,14-15,17-18H2,3-4H3/p+1/t22-/m0/s1. The van der Waals surface area contributed by atoms with Gasteiger partial charge in [-0.2, -0.15) is 0 Å². The molecule has 0 spiro atoms. The number of nitrogens with zero attached hydrogens (tertiary/aromatic N) is 1. The number of fused-ring (bicyclic) bond motifs is 1. The second-order valence-electron chi connectivity index (χ2n) is 7.77. The summed E-state index contributed by atoms with van der Waals surface area (Å²) in [5.74, 6) is 0.649. The maximum atomic E-state index is 12.4. The summed E-state index contributed by atoms with van der Waals surface area (Å²) in [4.78, 5) is 13.6. The molecule has 0 aliphatic rings. The van der Waals surface area contributed by atoms with Crippen LogP contribution < -0.4 is 9.64 Å². The molecule has 0 aliphatic heterocycles. The van der Waals surface area contributed by atoms with Crippen molar-refractivity contribution in [1.82, 2.24) is 4.57 Å². The summed E-state index contributed by atoms with van der Waals surface area (Å²) in [6.45, 7) is 13.3. The molecule has 0 fully saturated rings. The molecule has 0 bridgehead atoms. The second kappa shape index (κ2) is 10.2. The third kappa shape index (κ3) is 5.13. The molecule has 2 N–H and O–H groups in total. The van der Waals surface area contributed by atoms with Crippen LogP contribution in [0.2, 0.25) is 0 Å². The van der Waals surface area contributed by atoms with Gasteiger partial charge in [0.05, 0.1) is 18.6 Å². The minimum atomic E-state index is -0.617. The molecule has 31 heavy (non-hydrogen) atoms. The highest BCUT2D eigenvalue weighted by Gasteiger charge is 2.19. The monoisotopic (exact) mass is 419 g/mol. The summed E-state index contributed by atoms with van der Waals surface area (Å²) < 4.78 is 7.98. The average molecular weight is 420 g/mol. The van der Waals surface area contributed by atoms with Crippen LogP contribution in [0.25, 0.3) is 16.6 Å². The Bertz CT molecular complexity index is 1060. The quantitative estimate of drug-likeness (QED) is 0.371. The Hall–Kier alpha value is -3.15.